The summed E-state index contributed by atoms with van der Waals surface area (Å²) in [5.41, 5.74) is -0.127. The zero-order valence-electron chi connectivity index (χ0n) is 10.1. The molecule has 1 saturated heterocycles. The van der Waals surface area contributed by atoms with E-state index >= 15 is 0 Å². The Morgan fingerprint density at radius 1 is 1.21 bits per heavy atom. The van der Waals surface area contributed by atoms with Crippen molar-refractivity contribution in [1.82, 2.24) is 4.90 Å². The SMILES string of the molecule is O=C(c1cc(Cl)c(Cl)c([N+](=O)[O-])c1)N1CCCCC1. The molecule has 1 aromatic carbocycles. The van der Waals surface area contributed by atoms with Crippen LogP contribution >= 0.6 is 23.2 Å². The number of likely N-dealkylation sites (tertiary alicyclic amines) is 1. The van der Waals surface area contributed by atoms with E-state index in [1.54, 1.807) is 4.90 Å². The first-order valence-electron chi connectivity index (χ1n) is 5.93. The smallest absolute Gasteiger partial charge is 0.290 e. The van der Waals surface area contributed by atoms with E-state index < -0.39 is 4.92 Å². The van der Waals surface area contributed by atoms with Crippen LogP contribution in [0.4, 0.5) is 5.69 Å². The molecule has 19 heavy (non-hydrogen) atoms. The van der Waals surface area contributed by atoms with Gasteiger partial charge in [0.05, 0.1) is 9.95 Å². The highest BCUT2D eigenvalue weighted by Crippen LogP contribution is 2.33. The van der Waals surface area contributed by atoms with Crippen LogP contribution in [-0.4, -0.2) is 28.8 Å². The second-order valence-corrected chi connectivity index (χ2v) is 5.19. The molecule has 1 aliphatic rings. The predicted octanol–water partition coefficient (Wildman–Crippen LogP) is 3.53. The first-order chi connectivity index (χ1) is 9.00. The number of carbonyl (C=O) groups excluding carboxylic acids is 1. The minimum atomic E-state index is -0.638. The van der Waals surface area contributed by atoms with Gasteiger partial charge in [0, 0.05) is 24.7 Å². The van der Waals surface area contributed by atoms with Gasteiger partial charge in [0.2, 0.25) is 0 Å². The van der Waals surface area contributed by atoms with Crippen molar-refractivity contribution in [3.8, 4) is 0 Å². The fraction of sp³-hybridized carbons (Fsp3) is 0.417. The topological polar surface area (TPSA) is 63.4 Å². The number of hydrogen-bond donors (Lipinski definition) is 0. The van der Waals surface area contributed by atoms with E-state index in [-0.39, 0.29) is 27.2 Å². The van der Waals surface area contributed by atoms with Crippen molar-refractivity contribution in [2.24, 2.45) is 0 Å². The molecule has 0 bridgehead atoms. The Kier molecular flexibility index (Phi) is 4.27. The number of halogens is 2. The second-order valence-electron chi connectivity index (χ2n) is 4.40. The Labute approximate surface area is 120 Å². The summed E-state index contributed by atoms with van der Waals surface area (Å²) in [5, 5.41) is 10.7. The monoisotopic (exact) mass is 302 g/mol. The molecule has 1 heterocycles. The summed E-state index contributed by atoms with van der Waals surface area (Å²) in [6.45, 7) is 1.35. The van der Waals surface area contributed by atoms with Gasteiger partial charge in [-0.2, -0.15) is 0 Å². The van der Waals surface area contributed by atoms with Crippen molar-refractivity contribution < 1.29 is 9.72 Å². The Morgan fingerprint density at radius 3 is 2.42 bits per heavy atom. The van der Waals surface area contributed by atoms with Crippen molar-refractivity contribution in [2.45, 2.75) is 19.3 Å². The minimum Gasteiger partial charge on any atom is -0.339 e. The highest BCUT2D eigenvalue weighted by atomic mass is 35.5. The summed E-state index contributed by atoms with van der Waals surface area (Å²) in [7, 11) is 0. The van der Waals surface area contributed by atoms with Gasteiger partial charge in [-0.05, 0) is 25.3 Å². The third-order valence-electron chi connectivity index (χ3n) is 3.10. The fourth-order valence-electron chi connectivity index (χ4n) is 2.11. The second kappa shape index (κ2) is 5.75. The van der Waals surface area contributed by atoms with Crippen LogP contribution in [0.3, 0.4) is 0 Å². The summed E-state index contributed by atoms with van der Waals surface area (Å²) in [6, 6.07) is 2.57. The number of piperidine rings is 1. The lowest BCUT2D eigenvalue weighted by Gasteiger charge is -2.26. The molecule has 0 atom stereocenters. The van der Waals surface area contributed by atoms with Crippen LogP contribution in [0.15, 0.2) is 12.1 Å². The third-order valence-corrected chi connectivity index (χ3v) is 3.89. The standard InChI is InChI=1S/C12H12Cl2N2O3/c13-9-6-8(7-10(11(9)14)16(18)19)12(17)15-4-2-1-3-5-15/h6-7H,1-5H2. The first kappa shape index (κ1) is 14.1. The van der Waals surface area contributed by atoms with Crippen LogP contribution in [0.25, 0.3) is 0 Å². The molecule has 1 amide bonds. The molecule has 5 nitrogen and oxygen atoms in total. The Hall–Kier alpha value is -1.33. The Morgan fingerprint density at radius 2 is 1.84 bits per heavy atom. The maximum Gasteiger partial charge on any atom is 0.290 e. The average Bonchev–Trinajstić information content (AvgIpc) is 2.41. The van der Waals surface area contributed by atoms with Crippen LogP contribution in [-0.2, 0) is 0 Å². The van der Waals surface area contributed by atoms with E-state index in [1.165, 1.54) is 12.1 Å². The quantitative estimate of drug-likeness (QED) is 0.620. The maximum atomic E-state index is 12.2. The molecule has 7 heteroatoms. The molecule has 0 radical (unpaired) electrons. The van der Waals surface area contributed by atoms with Crippen LogP contribution in [0, 0.1) is 10.1 Å². The van der Waals surface area contributed by atoms with Crippen molar-refractivity contribution in [2.75, 3.05) is 13.1 Å². The number of carbonyl (C=O) groups is 1. The summed E-state index contributed by atoms with van der Waals surface area (Å²) in [5.74, 6) is -0.235. The molecule has 1 fully saturated rings. The zero-order valence-corrected chi connectivity index (χ0v) is 11.6. The van der Waals surface area contributed by atoms with Crippen molar-refractivity contribution in [3.63, 3.8) is 0 Å². The molecule has 0 aromatic heterocycles. The summed E-state index contributed by atoms with van der Waals surface area (Å²) in [4.78, 5) is 24.2. The number of rotatable bonds is 2. The van der Waals surface area contributed by atoms with Crippen molar-refractivity contribution in [3.05, 3.63) is 37.9 Å². The summed E-state index contributed by atoms with van der Waals surface area (Å²) < 4.78 is 0. The van der Waals surface area contributed by atoms with Gasteiger partial charge in [-0.1, -0.05) is 23.2 Å². The van der Waals surface area contributed by atoms with Gasteiger partial charge < -0.3 is 4.90 Å². The molecule has 0 spiro atoms. The maximum absolute atomic E-state index is 12.2. The molecule has 0 saturated carbocycles. The molecule has 1 aromatic rings. The lowest BCUT2D eigenvalue weighted by atomic mass is 10.1. The van der Waals surface area contributed by atoms with Crippen LogP contribution in [0.5, 0.6) is 0 Å². The number of nitrogens with zero attached hydrogens (tertiary/aromatic N) is 2. The van der Waals surface area contributed by atoms with E-state index in [4.69, 9.17) is 23.2 Å². The number of nitro benzene ring substituents is 1. The minimum absolute atomic E-state index is 0.0243. The van der Waals surface area contributed by atoms with E-state index in [1.807, 2.05) is 0 Å². The zero-order chi connectivity index (χ0) is 14.0. The van der Waals surface area contributed by atoms with E-state index in [0.717, 1.165) is 19.3 Å². The van der Waals surface area contributed by atoms with E-state index in [2.05, 4.69) is 0 Å². The molecular weight excluding hydrogens is 291 g/mol. The Balaban J connectivity index is 2.34. The molecular formula is C12H12Cl2N2O3. The molecule has 0 aliphatic carbocycles. The first-order valence-corrected chi connectivity index (χ1v) is 6.69. The third kappa shape index (κ3) is 2.98. The van der Waals surface area contributed by atoms with Crippen molar-refractivity contribution >= 4 is 34.8 Å². The number of hydrogen-bond acceptors (Lipinski definition) is 3. The Bertz CT molecular complexity index is 528. The van der Waals surface area contributed by atoms with E-state index in [9.17, 15) is 14.9 Å². The van der Waals surface area contributed by atoms with Gasteiger partial charge in [-0.15, -0.1) is 0 Å². The van der Waals surface area contributed by atoms with E-state index in [0.29, 0.717) is 13.1 Å². The fourth-order valence-corrected chi connectivity index (χ4v) is 2.50. The van der Waals surface area contributed by atoms with Gasteiger partial charge in [0.15, 0.2) is 0 Å². The molecule has 102 valence electrons. The molecule has 0 N–H and O–H groups in total. The average molecular weight is 303 g/mol. The summed E-state index contributed by atoms with van der Waals surface area (Å²) in [6.07, 6.45) is 3.01. The number of nitro groups is 1. The predicted molar refractivity (Wildman–Crippen MR) is 72.9 cm³/mol. The molecule has 2 rings (SSSR count). The van der Waals surface area contributed by atoms with Gasteiger partial charge in [0.1, 0.15) is 5.02 Å². The lowest BCUT2D eigenvalue weighted by Crippen LogP contribution is -2.35. The largest absolute Gasteiger partial charge is 0.339 e. The lowest BCUT2D eigenvalue weighted by molar-refractivity contribution is -0.384. The normalized spacial score (nSPS) is 15.4. The summed E-state index contributed by atoms with van der Waals surface area (Å²) >= 11 is 11.6. The molecule has 0 unspecified atom stereocenters. The van der Waals surface area contributed by atoms with Crippen molar-refractivity contribution in [1.29, 1.82) is 0 Å². The number of benzene rings is 1. The van der Waals surface area contributed by atoms with Gasteiger partial charge >= 0.3 is 0 Å². The highest BCUT2D eigenvalue weighted by Gasteiger charge is 2.23. The van der Waals surface area contributed by atoms with Crippen LogP contribution in [0.2, 0.25) is 10.0 Å². The van der Waals surface area contributed by atoms with Crippen LogP contribution in [0.1, 0.15) is 29.6 Å². The van der Waals surface area contributed by atoms with Gasteiger partial charge in [-0.3, -0.25) is 14.9 Å². The molecule has 1 aliphatic heterocycles. The number of amides is 1. The highest BCUT2D eigenvalue weighted by molar-refractivity contribution is 6.43. The van der Waals surface area contributed by atoms with Gasteiger partial charge in [0.25, 0.3) is 11.6 Å². The van der Waals surface area contributed by atoms with Gasteiger partial charge in [-0.25, -0.2) is 0 Å². The van der Waals surface area contributed by atoms with Crippen LogP contribution < -0.4 is 0 Å².